The van der Waals surface area contributed by atoms with Crippen molar-refractivity contribution in [1.82, 2.24) is 10.3 Å². The molecule has 4 nitrogen and oxygen atoms in total. The second kappa shape index (κ2) is 6.02. The molecule has 0 saturated heterocycles. The van der Waals surface area contributed by atoms with Crippen molar-refractivity contribution < 1.29 is 9.21 Å². The Morgan fingerprint density at radius 1 is 1.18 bits per heavy atom. The van der Waals surface area contributed by atoms with Crippen LogP contribution in [-0.4, -0.2) is 10.9 Å². The first-order valence-electron chi connectivity index (χ1n) is 7.42. The minimum absolute atomic E-state index is 0.00914. The molecule has 3 aromatic rings. The molecule has 1 amide bonds. The zero-order valence-corrected chi connectivity index (χ0v) is 12.7. The van der Waals surface area contributed by atoms with Crippen molar-refractivity contribution in [2.24, 2.45) is 0 Å². The van der Waals surface area contributed by atoms with E-state index in [2.05, 4.69) is 10.3 Å². The maximum Gasteiger partial charge on any atom is 0.227 e. The van der Waals surface area contributed by atoms with Gasteiger partial charge in [-0.05, 0) is 36.8 Å². The van der Waals surface area contributed by atoms with Crippen LogP contribution >= 0.6 is 0 Å². The van der Waals surface area contributed by atoms with Crippen molar-refractivity contribution in [1.29, 1.82) is 0 Å². The average molecular weight is 294 g/mol. The minimum Gasteiger partial charge on any atom is -0.436 e. The van der Waals surface area contributed by atoms with Gasteiger partial charge in [-0.25, -0.2) is 4.98 Å². The molecule has 0 aliphatic heterocycles. The summed E-state index contributed by atoms with van der Waals surface area (Å²) in [7, 11) is 0. The zero-order chi connectivity index (χ0) is 15.5. The third-order valence-electron chi connectivity index (χ3n) is 3.65. The molecule has 1 heterocycles. The Bertz CT molecular complexity index is 757. The molecule has 1 N–H and O–H groups in total. The topological polar surface area (TPSA) is 55.1 Å². The number of benzene rings is 2. The summed E-state index contributed by atoms with van der Waals surface area (Å²) in [5.74, 6) is 0.661. The van der Waals surface area contributed by atoms with Gasteiger partial charge >= 0.3 is 0 Å². The molecule has 0 saturated carbocycles. The van der Waals surface area contributed by atoms with E-state index in [-0.39, 0.29) is 11.9 Å². The molecule has 112 valence electrons. The first-order valence-corrected chi connectivity index (χ1v) is 7.42. The molecular weight excluding hydrogens is 276 g/mol. The van der Waals surface area contributed by atoms with E-state index in [0.29, 0.717) is 12.3 Å². The van der Waals surface area contributed by atoms with Crippen LogP contribution in [-0.2, 0) is 4.79 Å². The number of rotatable bonds is 4. The molecule has 0 radical (unpaired) electrons. The highest BCUT2D eigenvalue weighted by Crippen LogP contribution is 2.25. The fourth-order valence-corrected chi connectivity index (χ4v) is 2.34. The highest BCUT2D eigenvalue weighted by Gasteiger charge is 2.10. The number of amides is 1. The summed E-state index contributed by atoms with van der Waals surface area (Å²) in [6.07, 6.45) is 0.491. The summed E-state index contributed by atoms with van der Waals surface area (Å²) in [6, 6.07) is 15.6. The predicted molar refractivity (Wildman–Crippen MR) is 86.3 cm³/mol. The van der Waals surface area contributed by atoms with E-state index in [1.807, 2.05) is 62.4 Å². The smallest absolute Gasteiger partial charge is 0.227 e. The Hall–Kier alpha value is -2.62. The van der Waals surface area contributed by atoms with Gasteiger partial charge in [0.25, 0.3) is 0 Å². The fraction of sp³-hybridized carbons (Fsp3) is 0.222. The van der Waals surface area contributed by atoms with Crippen LogP contribution in [0, 0.1) is 0 Å². The predicted octanol–water partition coefficient (Wildman–Crippen LogP) is 4.08. The van der Waals surface area contributed by atoms with Crippen LogP contribution < -0.4 is 5.32 Å². The summed E-state index contributed by atoms with van der Waals surface area (Å²) in [6.45, 7) is 3.82. The van der Waals surface area contributed by atoms with E-state index in [9.17, 15) is 4.79 Å². The molecule has 1 atom stereocenters. The van der Waals surface area contributed by atoms with Gasteiger partial charge in [-0.1, -0.05) is 31.2 Å². The summed E-state index contributed by atoms with van der Waals surface area (Å²) in [5.41, 5.74) is 3.62. The van der Waals surface area contributed by atoms with Crippen molar-refractivity contribution in [2.75, 3.05) is 0 Å². The molecule has 0 aliphatic rings. The van der Waals surface area contributed by atoms with Gasteiger partial charge in [-0.15, -0.1) is 0 Å². The standard InChI is InChI=1S/C18H18N2O2/c1-3-17(21)19-12(2)13-8-10-14(11-9-13)18-20-15-6-4-5-7-16(15)22-18/h4-12H,3H2,1-2H3,(H,19,21). The van der Waals surface area contributed by atoms with Crippen molar-refractivity contribution in [2.45, 2.75) is 26.3 Å². The lowest BCUT2D eigenvalue weighted by Gasteiger charge is -2.13. The number of aromatic nitrogens is 1. The molecule has 0 bridgehead atoms. The highest BCUT2D eigenvalue weighted by atomic mass is 16.3. The van der Waals surface area contributed by atoms with E-state index in [0.717, 1.165) is 22.2 Å². The van der Waals surface area contributed by atoms with Crippen LogP contribution in [0.4, 0.5) is 0 Å². The van der Waals surface area contributed by atoms with E-state index >= 15 is 0 Å². The Balaban J connectivity index is 1.83. The Morgan fingerprint density at radius 3 is 2.59 bits per heavy atom. The molecule has 1 unspecified atom stereocenters. The van der Waals surface area contributed by atoms with Gasteiger partial charge < -0.3 is 9.73 Å². The number of carbonyl (C=O) groups excluding carboxylic acids is 1. The number of nitrogens with one attached hydrogen (secondary N) is 1. The number of hydrogen-bond donors (Lipinski definition) is 1. The number of para-hydroxylation sites is 2. The van der Waals surface area contributed by atoms with E-state index in [4.69, 9.17) is 4.42 Å². The molecule has 0 aliphatic carbocycles. The molecule has 3 rings (SSSR count). The van der Waals surface area contributed by atoms with Gasteiger partial charge in [0.05, 0.1) is 6.04 Å². The lowest BCUT2D eigenvalue weighted by atomic mass is 10.1. The van der Waals surface area contributed by atoms with E-state index in [1.165, 1.54) is 0 Å². The summed E-state index contributed by atoms with van der Waals surface area (Å²) >= 11 is 0. The highest BCUT2D eigenvalue weighted by molar-refractivity contribution is 5.76. The van der Waals surface area contributed by atoms with E-state index < -0.39 is 0 Å². The number of nitrogens with zero attached hydrogens (tertiary/aromatic N) is 1. The number of hydrogen-bond acceptors (Lipinski definition) is 3. The Morgan fingerprint density at radius 2 is 1.91 bits per heavy atom. The first-order chi connectivity index (χ1) is 10.7. The van der Waals surface area contributed by atoms with Crippen molar-refractivity contribution in [3.05, 3.63) is 54.1 Å². The van der Waals surface area contributed by atoms with Crippen LogP contribution in [0.2, 0.25) is 0 Å². The molecule has 0 fully saturated rings. The maximum atomic E-state index is 11.4. The molecule has 22 heavy (non-hydrogen) atoms. The quantitative estimate of drug-likeness (QED) is 0.788. The van der Waals surface area contributed by atoms with Gasteiger partial charge in [0, 0.05) is 12.0 Å². The third kappa shape index (κ3) is 2.86. The second-order valence-electron chi connectivity index (χ2n) is 5.25. The number of oxazole rings is 1. The maximum absolute atomic E-state index is 11.4. The van der Waals surface area contributed by atoms with Gasteiger partial charge in [0.15, 0.2) is 5.58 Å². The largest absolute Gasteiger partial charge is 0.436 e. The monoisotopic (exact) mass is 294 g/mol. The van der Waals surface area contributed by atoms with Crippen molar-refractivity contribution in [3.63, 3.8) is 0 Å². The molecular formula is C18H18N2O2. The fourth-order valence-electron chi connectivity index (χ4n) is 2.34. The Kier molecular flexibility index (Phi) is 3.92. The van der Waals surface area contributed by atoms with Crippen LogP contribution in [0.3, 0.4) is 0 Å². The molecule has 1 aromatic heterocycles. The lowest BCUT2D eigenvalue weighted by Crippen LogP contribution is -2.25. The SMILES string of the molecule is CCC(=O)NC(C)c1ccc(-c2nc3ccccc3o2)cc1. The third-order valence-corrected chi connectivity index (χ3v) is 3.65. The van der Waals surface area contributed by atoms with Gasteiger partial charge in [0.1, 0.15) is 5.52 Å². The first kappa shape index (κ1) is 14.3. The Labute approximate surface area is 129 Å². The summed E-state index contributed by atoms with van der Waals surface area (Å²) < 4.78 is 5.76. The second-order valence-corrected chi connectivity index (χ2v) is 5.25. The summed E-state index contributed by atoms with van der Waals surface area (Å²) in [4.78, 5) is 15.9. The zero-order valence-electron chi connectivity index (χ0n) is 12.7. The molecule has 0 spiro atoms. The summed E-state index contributed by atoms with van der Waals surface area (Å²) in [5, 5.41) is 2.95. The van der Waals surface area contributed by atoms with E-state index in [1.54, 1.807) is 0 Å². The minimum atomic E-state index is -0.00914. The van der Waals surface area contributed by atoms with Crippen molar-refractivity contribution >= 4 is 17.0 Å². The molecule has 2 aromatic carbocycles. The molecule has 4 heteroatoms. The average Bonchev–Trinajstić information content (AvgIpc) is 2.98. The van der Waals surface area contributed by atoms with Crippen LogP contribution in [0.15, 0.2) is 52.9 Å². The van der Waals surface area contributed by atoms with Gasteiger partial charge in [-0.2, -0.15) is 0 Å². The van der Waals surface area contributed by atoms with Crippen LogP contribution in [0.5, 0.6) is 0 Å². The normalized spacial score (nSPS) is 12.3. The van der Waals surface area contributed by atoms with Crippen molar-refractivity contribution in [3.8, 4) is 11.5 Å². The van der Waals surface area contributed by atoms with Gasteiger partial charge in [0.2, 0.25) is 11.8 Å². The van der Waals surface area contributed by atoms with Crippen LogP contribution in [0.25, 0.3) is 22.6 Å². The van der Waals surface area contributed by atoms with Crippen LogP contribution in [0.1, 0.15) is 31.9 Å². The number of fused-ring (bicyclic) bond motifs is 1. The number of carbonyl (C=O) groups is 1. The lowest BCUT2D eigenvalue weighted by molar-refractivity contribution is -0.121. The van der Waals surface area contributed by atoms with Gasteiger partial charge in [-0.3, -0.25) is 4.79 Å².